The van der Waals surface area contributed by atoms with Crippen LogP contribution in [0.4, 0.5) is 11.4 Å². The molecule has 0 aliphatic carbocycles. The SMILES string of the molecule is O=CC(=O)C1CN(c2ccccc2)CN(c2ccccc2)C1. The largest absolute Gasteiger partial charge is 0.353 e. The molecule has 0 saturated carbocycles. The van der Waals surface area contributed by atoms with Gasteiger partial charge in [-0.1, -0.05) is 36.4 Å². The molecule has 112 valence electrons. The van der Waals surface area contributed by atoms with Crippen molar-refractivity contribution in [3.05, 3.63) is 60.7 Å². The van der Waals surface area contributed by atoms with Crippen molar-refractivity contribution < 1.29 is 9.59 Å². The van der Waals surface area contributed by atoms with Crippen molar-refractivity contribution in [3.8, 4) is 0 Å². The lowest BCUT2D eigenvalue weighted by Crippen LogP contribution is -2.52. The Hall–Kier alpha value is -2.62. The first-order valence-electron chi connectivity index (χ1n) is 7.37. The first-order chi connectivity index (χ1) is 10.8. The molecule has 0 radical (unpaired) electrons. The number of carbonyl (C=O) groups excluding carboxylic acids is 2. The van der Waals surface area contributed by atoms with Gasteiger partial charge in [0.15, 0.2) is 6.29 Å². The second-order valence-corrected chi connectivity index (χ2v) is 5.47. The van der Waals surface area contributed by atoms with E-state index < -0.39 is 0 Å². The molecule has 1 aliphatic heterocycles. The van der Waals surface area contributed by atoms with Gasteiger partial charge in [0.25, 0.3) is 0 Å². The van der Waals surface area contributed by atoms with Crippen molar-refractivity contribution >= 4 is 23.4 Å². The van der Waals surface area contributed by atoms with Gasteiger partial charge in [-0.3, -0.25) is 9.59 Å². The lowest BCUT2D eigenvalue weighted by atomic mass is 10.0. The lowest BCUT2D eigenvalue weighted by molar-refractivity contribution is -0.132. The summed E-state index contributed by atoms with van der Waals surface area (Å²) in [5, 5.41) is 0. The zero-order chi connectivity index (χ0) is 15.4. The monoisotopic (exact) mass is 294 g/mol. The molecule has 3 rings (SSSR count). The highest BCUT2D eigenvalue weighted by Gasteiger charge is 2.30. The molecule has 1 saturated heterocycles. The fraction of sp³-hybridized carbons (Fsp3) is 0.222. The molecular weight excluding hydrogens is 276 g/mol. The first-order valence-corrected chi connectivity index (χ1v) is 7.37. The zero-order valence-electron chi connectivity index (χ0n) is 12.3. The predicted molar refractivity (Wildman–Crippen MR) is 87.0 cm³/mol. The Kier molecular flexibility index (Phi) is 4.19. The number of ketones is 1. The number of hydrogen-bond donors (Lipinski definition) is 0. The van der Waals surface area contributed by atoms with Crippen molar-refractivity contribution in [2.45, 2.75) is 0 Å². The average Bonchev–Trinajstić information content (AvgIpc) is 2.62. The standard InChI is InChI=1S/C18H18N2O2/c21-13-18(22)15-11-19(16-7-3-1-4-8-16)14-20(12-15)17-9-5-2-6-10-17/h1-10,13,15H,11-12,14H2. The summed E-state index contributed by atoms with van der Waals surface area (Å²) in [6, 6.07) is 20.0. The Morgan fingerprint density at radius 3 is 1.73 bits per heavy atom. The van der Waals surface area contributed by atoms with Gasteiger partial charge in [0.05, 0.1) is 12.6 Å². The van der Waals surface area contributed by atoms with Crippen LogP contribution in [-0.4, -0.2) is 31.8 Å². The normalized spacial score (nSPS) is 15.6. The molecule has 2 aromatic rings. The van der Waals surface area contributed by atoms with Crippen molar-refractivity contribution in [1.82, 2.24) is 0 Å². The molecule has 0 unspecified atom stereocenters. The van der Waals surface area contributed by atoms with E-state index >= 15 is 0 Å². The smallest absolute Gasteiger partial charge is 0.201 e. The number of carbonyl (C=O) groups is 2. The van der Waals surface area contributed by atoms with E-state index in [1.165, 1.54) is 0 Å². The molecule has 22 heavy (non-hydrogen) atoms. The number of Topliss-reactive ketones (excluding diaryl/α,β-unsaturated/α-hetero) is 1. The molecule has 1 aliphatic rings. The Labute approximate surface area is 130 Å². The van der Waals surface area contributed by atoms with Crippen molar-refractivity contribution in [3.63, 3.8) is 0 Å². The number of rotatable bonds is 4. The minimum absolute atomic E-state index is 0.299. The van der Waals surface area contributed by atoms with Crippen LogP contribution in [0.15, 0.2) is 60.7 Å². The maximum Gasteiger partial charge on any atom is 0.201 e. The molecule has 1 heterocycles. The lowest BCUT2D eigenvalue weighted by Gasteiger charge is -2.41. The topological polar surface area (TPSA) is 40.6 Å². The van der Waals surface area contributed by atoms with E-state index in [0.29, 0.717) is 26.0 Å². The highest BCUT2D eigenvalue weighted by molar-refractivity contribution is 6.26. The highest BCUT2D eigenvalue weighted by Crippen LogP contribution is 2.25. The molecule has 0 aromatic heterocycles. The van der Waals surface area contributed by atoms with Crippen LogP contribution in [0.5, 0.6) is 0 Å². The number of para-hydroxylation sites is 2. The fourth-order valence-electron chi connectivity index (χ4n) is 2.84. The van der Waals surface area contributed by atoms with Gasteiger partial charge in [0, 0.05) is 24.5 Å². The van der Waals surface area contributed by atoms with E-state index in [0.717, 1.165) is 11.4 Å². The summed E-state index contributed by atoms with van der Waals surface area (Å²) in [5.74, 6) is -0.631. The third kappa shape index (κ3) is 3.01. The molecule has 0 spiro atoms. The van der Waals surface area contributed by atoms with E-state index in [4.69, 9.17) is 0 Å². The van der Waals surface area contributed by atoms with Gasteiger partial charge in [-0.2, -0.15) is 0 Å². The average molecular weight is 294 g/mol. The van der Waals surface area contributed by atoms with Crippen molar-refractivity contribution in [2.75, 3.05) is 29.6 Å². The Balaban J connectivity index is 1.88. The van der Waals surface area contributed by atoms with E-state index in [2.05, 4.69) is 9.80 Å². The Morgan fingerprint density at radius 1 is 0.864 bits per heavy atom. The zero-order valence-corrected chi connectivity index (χ0v) is 12.3. The van der Waals surface area contributed by atoms with Crippen molar-refractivity contribution in [2.24, 2.45) is 5.92 Å². The van der Waals surface area contributed by atoms with Crippen LogP contribution in [0.25, 0.3) is 0 Å². The summed E-state index contributed by atoms with van der Waals surface area (Å²) in [4.78, 5) is 27.1. The van der Waals surface area contributed by atoms with Crippen LogP contribution in [0, 0.1) is 5.92 Å². The van der Waals surface area contributed by atoms with Crippen LogP contribution in [0.2, 0.25) is 0 Å². The summed E-state index contributed by atoms with van der Waals surface area (Å²) in [6.07, 6.45) is 0.447. The molecule has 0 amide bonds. The molecule has 4 nitrogen and oxygen atoms in total. The van der Waals surface area contributed by atoms with E-state index in [-0.39, 0.29) is 11.7 Å². The van der Waals surface area contributed by atoms with Gasteiger partial charge in [-0.05, 0) is 24.3 Å². The third-order valence-corrected chi connectivity index (χ3v) is 3.98. The summed E-state index contributed by atoms with van der Waals surface area (Å²) in [5.41, 5.74) is 2.12. The molecule has 4 heteroatoms. The molecule has 2 aromatic carbocycles. The van der Waals surface area contributed by atoms with Crippen LogP contribution < -0.4 is 9.80 Å². The highest BCUT2D eigenvalue weighted by atomic mass is 16.2. The quantitative estimate of drug-likeness (QED) is 0.641. The van der Waals surface area contributed by atoms with Gasteiger partial charge in [-0.15, -0.1) is 0 Å². The molecule has 1 fully saturated rings. The molecule has 0 bridgehead atoms. The maximum absolute atomic E-state index is 11.9. The number of anilines is 2. The number of hydrogen-bond acceptors (Lipinski definition) is 4. The van der Waals surface area contributed by atoms with Gasteiger partial charge < -0.3 is 9.80 Å². The maximum atomic E-state index is 11.9. The Bertz CT molecular complexity index is 595. The van der Waals surface area contributed by atoms with Gasteiger partial charge >= 0.3 is 0 Å². The molecule has 0 atom stereocenters. The second kappa shape index (κ2) is 6.43. The van der Waals surface area contributed by atoms with E-state index in [1.54, 1.807) is 0 Å². The number of nitrogens with zero attached hydrogens (tertiary/aromatic N) is 2. The fourth-order valence-corrected chi connectivity index (χ4v) is 2.84. The Morgan fingerprint density at radius 2 is 1.32 bits per heavy atom. The summed E-state index contributed by atoms with van der Waals surface area (Å²) < 4.78 is 0. The third-order valence-electron chi connectivity index (χ3n) is 3.98. The second-order valence-electron chi connectivity index (χ2n) is 5.47. The minimum atomic E-state index is -0.332. The van der Waals surface area contributed by atoms with E-state index in [9.17, 15) is 9.59 Å². The van der Waals surface area contributed by atoms with Crippen LogP contribution in [-0.2, 0) is 9.59 Å². The van der Waals surface area contributed by atoms with Crippen LogP contribution >= 0.6 is 0 Å². The first kappa shape index (κ1) is 14.3. The van der Waals surface area contributed by atoms with Crippen LogP contribution in [0.1, 0.15) is 0 Å². The minimum Gasteiger partial charge on any atom is -0.353 e. The molecule has 0 N–H and O–H groups in total. The summed E-state index contributed by atoms with van der Waals surface area (Å²) >= 11 is 0. The number of aldehydes is 1. The van der Waals surface area contributed by atoms with Crippen molar-refractivity contribution in [1.29, 1.82) is 0 Å². The predicted octanol–water partition coefficient (Wildman–Crippen LogP) is 2.35. The summed E-state index contributed by atoms with van der Waals surface area (Å²) in [6.45, 7) is 1.85. The van der Waals surface area contributed by atoms with E-state index in [1.807, 2.05) is 60.7 Å². The van der Waals surface area contributed by atoms with Gasteiger partial charge in [0.2, 0.25) is 5.78 Å². The van der Waals surface area contributed by atoms with Gasteiger partial charge in [-0.25, -0.2) is 0 Å². The van der Waals surface area contributed by atoms with Gasteiger partial charge in [0.1, 0.15) is 0 Å². The van der Waals surface area contributed by atoms with Crippen LogP contribution in [0.3, 0.4) is 0 Å². The molecular formula is C18H18N2O2. The number of benzene rings is 2. The summed E-state index contributed by atoms with van der Waals surface area (Å²) in [7, 11) is 0.